The molecular formula is C22H22O2P+. The molecule has 0 radical (unpaired) electrons. The molecule has 1 N–H and O–H groups in total. The zero-order chi connectivity index (χ0) is 17.7. The van der Waals surface area contributed by atoms with Crippen molar-refractivity contribution in [2.24, 2.45) is 0 Å². The third kappa shape index (κ3) is 3.36. The van der Waals surface area contributed by atoms with Gasteiger partial charge in [-0.2, -0.15) is 0 Å². The van der Waals surface area contributed by atoms with Crippen molar-refractivity contribution < 1.29 is 9.90 Å². The molecule has 3 rings (SSSR count). The second-order valence-electron chi connectivity index (χ2n) is 6.18. The van der Waals surface area contributed by atoms with Crippen LogP contribution in [0.2, 0.25) is 0 Å². The molecule has 0 heterocycles. The van der Waals surface area contributed by atoms with E-state index < -0.39 is 13.2 Å². The Morgan fingerprint density at radius 3 is 1.36 bits per heavy atom. The molecule has 0 saturated carbocycles. The minimum absolute atomic E-state index is 0.00259. The van der Waals surface area contributed by atoms with Gasteiger partial charge in [-0.25, -0.2) is 0 Å². The molecule has 3 aromatic rings. The Morgan fingerprint density at radius 1 is 0.760 bits per heavy atom. The summed E-state index contributed by atoms with van der Waals surface area (Å²) in [4.78, 5) is 11.6. The topological polar surface area (TPSA) is 37.3 Å². The molecular weight excluding hydrogens is 327 g/mol. The van der Waals surface area contributed by atoms with Gasteiger partial charge in [0.25, 0.3) is 0 Å². The first-order chi connectivity index (χ1) is 12.2. The summed E-state index contributed by atoms with van der Waals surface area (Å²) >= 11 is 0. The van der Waals surface area contributed by atoms with Crippen LogP contribution in [0.4, 0.5) is 0 Å². The van der Waals surface area contributed by atoms with Gasteiger partial charge in [0.15, 0.2) is 0 Å². The molecule has 1 atom stereocenters. The lowest BCUT2D eigenvalue weighted by atomic mass is 10.3. The summed E-state index contributed by atoms with van der Waals surface area (Å²) in [6.45, 7) is 2.08. The normalized spacial score (nSPS) is 12.5. The molecule has 2 nitrogen and oxygen atoms in total. The first-order valence-electron chi connectivity index (χ1n) is 8.43. The van der Waals surface area contributed by atoms with E-state index in [0.29, 0.717) is 0 Å². The predicted octanol–water partition coefficient (Wildman–Crippen LogP) is 3.84. The summed E-state index contributed by atoms with van der Waals surface area (Å²) in [6, 6.07) is 31.2. The Morgan fingerprint density at radius 2 is 1.08 bits per heavy atom. The molecule has 0 saturated heterocycles. The Hall–Kier alpha value is -2.44. The van der Waals surface area contributed by atoms with E-state index in [1.54, 1.807) is 0 Å². The molecule has 0 spiro atoms. The van der Waals surface area contributed by atoms with Crippen LogP contribution in [-0.4, -0.2) is 16.7 Å². The maximum atomic E-state index is 11.6. The molecule has 0 aliphatic carbocycles. The zero-order valence-corrected chi connectivity index (χ0v) is 15.1. The minimum Gasteiger partial charge on any atom is -0.481 e. The van der Waals surface area contributed by atoms with E-state index in [9.17, 15) is 9.90 Å². The van der Waals surface area contributed by atoms with E-state index in [-0.39, 0.29) is 12.1 Å². The van der Waals surface area contributed by atoms with Gasteiger partial charge in [0.1, 0.15) is 23.2 Å². The summed E-state index contributed by atoms with van der Waals surface area (Å²) in [5.41, 5.74) is -0.00259. The SMILES string of the molecule is C[C@@H](CC(=O)O)[P+](c1ccccc1)(c1ccccc1)c1ccccc1. The van der Waals surface area contributed by atoms with E-state index in [2.05, 4.69) is 43.3 Å². The van der Waals surface area contributed by atoms with Gasteiger partial charge in [-0.1, -0.05) is 54.6 Å². The van der Waals surface area contributed by atoms with Gasteiger partial charge in [-0.05, 0) is 43.3 Å². The van der Waals surface area contributed by atoms with Crippen molar-refractivity contribution >= 4 is 29.1 Å². The van der Waals surface area contributed by atoms with Crippen LogP contribution in [0.15, 0.2) is 91.0 Å². The van der Waals surface area contributed by atoms with Crippen molar-refractivity contribution in [2.75, 3.05) is 0 Å². The van der Waals surface area contributed by atoms with Crippen molar-refractivity contribution in [3.8, 4) is 0 Å². The number of hydrogen-bond acceptors (Lipinski definition) is 1. The molecule has 126 valence electrons. The summed E-state index contributed by atoms with van der Waals surface area (Å²) in [5.74, 6) is -0.750. The van der Waals surface area contributed by atoms with Gasteiger partial charge in [0.2, 0.25) is 0 Å². The van der Waals surface area contributed by atoms with Crippen LogP contribution in [0, 0.1) is 0 Å². The molecule has 0 bridgehead atoms. The Kier molecular flexibility index (Phi) is 5.31. The largest absolute Gasteiger partial charge is 0.481 e. The molecule has 3 aromatic carbocycles. The molecule has 0 aromatic heterocycles. The van der Waals surface area contributed by atoms with Crippen molar-refractivity contribution in [3.63, 3.8) is 0 Å². The number of benzene rings is 3. The summed E-state index contributed by atoms with van der Waals surface area (Å²) in [6.07, 6.45) is 0.145. The fourth-order valence-electron chi connectivity index (χ4n) is 3.59. The molecule has 0 aliphatic rings. The number of carboxylic acids is 1. The number of carboxylic acid groups (broad SMARTS) is 1. The first-order valence-corrected chi connectivity index (χ1v) is 10.3. The van der Waals surface area contributed by atoms with Crippen LogP contribution in [0.3, 0.4) is 0 Å². The summed E-state index contributed by atoms with van der Waals surface area (Å²) < 4.78 is 0. The summed E-state index contributed by atoms with van der Waals surface area (Å²) in [7, 11) is -2.08. The fourth-order valence-corrected chi connectivity index (χ4v) is 8.37. The van der Waals surface area contributed by atoms with Crippen LogP contribution in [0.5, 0.6) is 0 Å². The maximum Gasteiger partial charge on any atom is 0.307 e. The van der Waals surface area contributed by atoms with Gasteiger partial charge in [-0.3, -0.25) is 4.79 Å². The van der Waals surface area contributed by atoms with E-state index in [4.69, 9.17) is 0 Å². The number of hydrogen-bond donors (Lipinski definition) is 1. The smallest absolute Gasteiger partial charge is 0.307 e. The van der Waals surface area contributed by atoms with Crippen LogP contribution < -0.4 is 15.9 Å². The highest BCUT2D eigenvalue weighted by atomic mass is 31.2. The Balaban J connectivity index is 2.33. The number of rotatable bonds is 6. The standard InChI is InChI=1S/C22H21O2P/c1-18(17-22(23)24)25(19-11-5-2-6-12-19,20-13-7-3-8-14-20)21-15-9-4-10-16-21/h2-16,18H,17H2,1H3/p+1/t18-/m0/s1. The van der Waals surface area contributed by atoms with Gasteiger partial charge < -0.3 is 5.11 Å². The van der Waals surface area contributed by atoms with E-state index in [1.165, 1.54) is 15.9 Å². The van der Waals surface area contributed by atoms with Gasteiger partial charge in [-0.15, -0.1) is 0 Å². The maximum absolute atomic E-state index is 11.6. The second kappa shape index (κ2) is 7.63. The molecule has 0 fully saturated rings. The lowest BCUT2D eigenvalue weighted by Gasteiger charge is -2.32. The molecule has 0 aliphatic heterocycles. The molecule has 3 heteroatoms. The van der Waals surface area contributed by atoms with E-state index >= 15 is 0 Å². The highest BCUT2D eigenvalue weighted by Crippen LogP contribution is 2.60. The fraction of sp³-hybridized carbons (Fsp3) is 0.136. The van der Waals surface area contributed by atoms with Crippen molar-refractivity contribution in [1.82, 2.24) is 0 Å². The third-order valence-electron chi connectivity index (χ3n) is 4.62. The van der Waals surface area contributed by atoms with E-state index in [0.717, 1.165) is 0 Å². The van der Waals surface area contributed by atoms with Crippen molar-refractivity contribution in [3.05, 3.63) is 91.0 Å². The third-order valence-corrected chi connectivity index (χ3v) is 9.46. The van der Waals surface area contributed by atoms with Crippen LogP contribution in [-0.2, 0) is 4.79 Å². The average Bonchev–Trinajstić information content (AvgIpc) is 2.64. The van der Waals surface area contributed by atoms with Crippen molar-refractivity contribution in [1.29, 1.82) is 0 Å². The highest BCUT2D eigenvalue weighted by Gasteiger charge is 2.50. The quantitative estimate of drug-likeness (QED) is 0.687. The lowest BCUT2D eigenvalue weighted by Crippen LogP contribution is -2.38. The van der Waals surface area contributed by atoms with Gasteiger partial charge in [0.05, 0.1) is 12.1 Å². The zero-order valence-electron chi connectivity index (χ0n) is 14.2. The second-order valence-corrected chi connectivity index (χ2v) is 10.1. The van der Waals surface area contributed by atoms with Crippen molar-refractivity contribution in [2.45, 2.75) is 19.0 Å². The first kappa shape index (κ1) is 17.4. The summed E-state index contributed by atoms with van der Waals surface area (Å²) in [5, 5.41) is 13.2. The van der Waals surface area contributed by atoms with Gasteiger partial charge >= 0.3 is 5.97 Å². The van der Waals surface area contributed by atoms with Crippen LogP contribution in [0.25, 0.3) is 0 Å². The molecule has 0 unspecified atom stereocenters. The number of carbonyl (C=O) groups is 1. The monoisotopic (exact) mass is 349 g/mol. The molecule has 25 heavy (non-hydrogen) atoms. The average molecular weight is 349 g/mol. The van der Waals surface area contributed by atoms with E-state index in [1.807, 2.05) is 54.6 Å². The Labute approximate surface area is 149 Å². The highest BCUT2D eigenvalue weighted by molar-refractivity contribution is 7.96. The number of aliphatic carboxylic acids is 1. The van der Waals surface area contributed by atoms with Gasteiger partial charge in [0, 0.05) is 0 Å². The predicted molar refractivity (Wildman–Crippen MR) is 107 cm³/mol. The molecule has 0 amide bonds. The van der Waals surface area contributed by atoms with Crippen LogP contribution >= 0.6 is 7.26 Å². The van der Waals surface area contributed by atoms with Crippen LogP contribution in [0.1, 0.15) is 13.3 Å². The Bertz CT molecular complexity index is 720. The minimum atomic E-state index is -2.08. The lowest BCUT2D eigenvalue weighted by molar-refractivity contribution is -0.136.